The maximum atomic E-state index is 9.06. The first-order valence-electron chi connectivity index (χ1n) is 9.48. The fraction of sp³-hybridized carbons (Fsp3) is 0.0400. The first-order valence-corrected chi connectivity index (χ1v) is 9.48. The molecule has 4 aromatic rings. The van der Waals surface area contributed by atoms with Crippen LogP contribution in [0.3, 0.4) is 0 Å². The molecule has 0 atom stereocenters. The number of nitrogens with two attached hydrogens (primary N) is 1. The lowest BCUT2D eigenvalue weighted by atomic mass is 10.0. The minimum atomic E-state index is 0.430. The maximum absolute atomic E-state index is 9.06. The normalized spacial score (nSPS) is 11.1. The van der Waals surface area contributed by atoms with E-state index >= 15 is 0 Å². The molecule has 0 saturated heterocycles. The Bertz CT molecular complexity index is 1240. The second kappa shape index (κ2) is 8.38. The molecule has 5 heteroatoms. The molecule has 0 aliphatic carbocycles. The van der Waals surface area contributed by atoms with Gasteiger partial charge in [-0.15, -0.1) is 0 Å². The van der Waals surface area contributed by atoms with Gasteiger partial charge in [-0.1, -0.05) is 72.3 Å². The van der Waals surface area contributed by atoms with Crippen molar-refractivity contribution in [2.24, 2.45) is 10.9 Å². The van der Waals surface area contributed by atoms with Gasteiger partial charge < -0.3 is 5.84 Å². The van der Waals surface area contributed by atoms with Crippen LogP contribution in [0.5, 0.6) is 0 Å². The number of rotatable bonds is 4. The average molecular weight is 389 g/mol. The molecular weight excluding hydrogens is 370 g/mol. The monoisotopic (exact) mass is 389 g/mol. The SMILES string of the molecule is Cc1ccc(-c2cc(-c3ccccc3)nc(C(=NN)c3ccc(C#N)cc3)n2)cc1. The molecule has 3 aromatic carbocycles. The van der Waals surface area contributed by atoms with Gasteiger partial charge in [-0.25, -0.2) is 9.97 Å². The summed E-state index contributed by atoms with van der Waals surface area (Å²) >= 11 is 0. The van der Waals surface area contributed by atoms with E-state index < -0.39 is 0 Å². The Morgan fingerprint density at radius 2 is 1.43 bits per heavy atom. The first-order chi connectivity index (χ1) is 14.7. The molecule has 0 spiro atoms. The van der Waals surface area contributed by atoms with Crippen LogP contribution >= 0.6 is 0 Å². The summed E-state index contributed by atoms with van der Waals surface area (Å²) in [6.07, 6.45) is 0. The van der Waals surface area contributed by atoms with Gasteiger partial charge in [0.05, 0.1) is 23.0 Å². The van der Waals surface area contributed by atoms with E-state index in [1.54, 1.807) is 24.3 Å². The van der Waals surface area contributed by atoms with Crippen molar-refractivity contribution in [2.75, 3.05) is 0 Å². The molecule has 144 valence electrons. The molecule has 0 amide bonds. The fourth-order valence-corrected chi connectivity index (χ4v) is 3.15. The third-order valence-electron chi connectivity index (χ3n) is 4.77. The molecule has 0 saturated carbocycles. The van der Waals surface area contributed by atoms with Crippen LogP contribution in [0.4, 0.5) is 0 Å². The summed E-state index contributed by atoms with van der Waals surface area (Å²) in [6, 6.07) is 29.2. The number of nitriles is 1. The van der Waals surface area contributed by atoms with Crippen molar-refractivity contribution in [1.29, 1.82) is 5.26 Å². The third-order valence-corrected chi connectivity index (χ3v) is 4.77. The molecule has 5 nitrogen and oxygen atoms in total. The second-order valence-corrected chi connectivity index (χ2v) is 6.86. The van der Waals surface area contributed by atoms with Crippen molar-refractivity contribution in [2.45, 2.75) is 6.92 Å². The van der Waals surface area contributed by atoms with E-state index in [1.165, 1.54) is 5.56 Å². The molecule has 0 fully saturated rings. The molecule has 0 unspecified atom stereocenters. The zero-order valence-electron chi connectivity index (χ0n) is 16.4. The highest BCUT2D eigenvalue weighted by atomic mass is 15.1. The van der Waals surface area contributed by atoms with Crippen LogP contribution in [0.15, 0.2) is 90.0 Å². The molecule has 0 aliphatic heterocycles. The summed E-state index contributed by atoms with van der Waals surface area (Å²) in [5, 5.41) is 13.0. The molecular formula is C25H19N5. The Morgan fingerprint density at radius 1 is 0.833 bits per heavy atom. The van der Waals surface area contributed by atoms with E-state index in [1.807, 2.05) is 48.5 Å². The number of aryl methyl sites for hydroxylation is 1. The summed E-state index contributed by atoms with van der Waals surface area (Å²) < 4.78 is 0. The summed E-state index contributed by atoms with van der Waals surface area (Å²) in [7, 11) is 0. The van der Waals surface area contributed by atoms with Crippen LogP contribution in [-0.4, -0.2) is 15.7 Å². The minimum absolute atomic E-state index is 0.430. The largest absolute Gasteiger partial charge is 0.323 e. The van der Waals surface area contributed by atoms with Crippen LogP contribution in [0.25, 0.3) is 22.5 Å². The van der Waals surface area contributed by atoms with E-state index in [4.69, 9.17) is 21.1 Å². The van der Waals surface area contributed by atoms with Gasteiger partial charge >= 0.3 is 0 Å². The third kappa shape index (κ3) is 3.94. The van der Waals surface area contributed by atoms with Crippen molar-refractivity contribution in [3.8, 4) is 28.6 Å². The Labute approximate surface area is 175 Å². The lowest BCUT2D eigenvalue weighted by Crippen LogP contribution is -2.12. The quantitative estimate of drug-likeness (QED) is 0.311. The lowest BCUT2D eigenvalue weighted by Gasteiger charge is -2.11. The zero-order valence-corrected chi connectivity index (χ0v) is 16.4. The van der Waals surface area contributed by atoms with Gasteiger partial charge in [-0.2, -0.15) is 10.4 Å². The Hall–Kier alpha value is -4.30. The predicted octanol–water partition coefficient (Wildman–Crippen LogP) is 4.70. The maximum Gasteiger partial charge on any atom is 0.181 e. The van der Waals surface area contributed by atoms with Crippen molar-refractivity contribution in [3.05, 3.63) is 107 Å². The van der Waals surface area contributed by atoms with Crippen molar-refractivity contribution in [1.82, 2.24) is 9.97 Å². The molecule has 0 aliphatic rings. The zero-order chi connectivity index (χ0) is 20.9. The summed E-state index contributed by atoms with van der Waals surface area (Å²) in [5.74, 6) is 6.18. The van der Waals surface area contributed by atoms with Crippen molar-refractivity contribution >= 4 is 5.71 Å². The summed E-state index contributed by atoms with van der Waals surface area (Å²) in [5.41, 5.74) is 6.48. The van der Waals surface area contributed by atoms with E-state index in [0.29, 0.717) is 17.1 Å². The number of benzene rings is 3. The van der Waals surface area contributed by atoms with Crippen LogP contribution < -0.4 is 5.84 Å². The molecule has 4 rings (SSSR count). The van der Waals surface area contributed by atoms with Crippen LogP contribution in [-0.2, 0) is 0 Å². The predicted molar refractivity (Wildman–Crippen MR) is 119 cm³/mol. The fourth-order valence-electron chi connectivity index (χ4n) is 3.15. The van der Waals surface area contributed by atoms with E-state index in [2.05, 4.69) is 30.2 Å². The van der Waals surface area contributed by atoms with Crippen LogP contribution in [0.2, 0.25) is 0 Å². The standard InChI is InChI=1S/C25H19N5/c1-17-7-11-20(12-8-17)23-15-22(19-5-3-2-4-6-19)28-25(29-23)24(30-27)21-13-9-18(16-26)10-14-21/h2-15H,27H2,1H3. The lowest BCUT2D eigenvalue weighted by molar-refractivity contribution is 1.12. The van der Waals surface area contributed by atoms with Crippen molar-refractivity contribution in [3.63, 3.8) is 0 Å². The Balaban J connectivity index is 1.88. The highest BCUT2D eigenvalue weighted by molar-refractivity contribution is 6.10. The Kier molecular flexibility index (Phi) is 5.31. The molecule has 0 bridgehead atoms. The van der Waals surface area contributed by atoms with Crippen LogP contribution in [0.1, 0.15) is 22.5 Å². The number of hydrazone groups is 1. The number of nitrogens with zero attached hydrogens (tertiary/aromatic N) is 4. The molecule has 30 heavy (non-hydrogen) atoms. The van der Waals surface area contributed by atoms with E-state index in [-0.39, 0.29) is 0 Å². The summed E-state index contributed by atoms with van der Waals surface area (Å²) in [4.78, 5) is 9.51. The van der Waals surface area contributed by atoms with Gasteiger partial charge in [0, 0.05) is 16.7 Å². The number of aromatic nitrogens is 2. The highest BCUT2D eigenvalue weighted by Crippen LogP contribution is 2.25. The van der Waals surface area contributed by atoms with Crippen molar-refractivity contribution < 1.29 is 0 Å². The van der Waals surface area contributed by atoms with Gasteiger partial charge in [0.2, 0.25) is 0 Å². The minimum Gasteiger partial charge on any atom is -0.323 e. The smallest absolute Gasteiger partial charge is 0.181 e. The number of hydrogen-bond donors (Lipinski definition) is 1. The molecule has 0 radical (unpaired) electrons. The molecule has 1 heterocycles. The topological polar surface area (TPSA) is 88.0 Å². The molecule has 1 aromatic heterocycles. The van der Waals surface area contributed by atoms with E-state index in [9.17, 15) is 0 Å². The second-order valence-electron chi connectivity index (χ2n) is 6.86. The summed E-state index contributed by atoms with van der Waals surface area (Å²) in [6.45, 7) is 2.05. The van der Waals surface area contributed by atoms with Gasteiger partial charge in [0.1, 0.15) is 5.71 Å². The Morgan fingerprint density at radius 3 is 2.00 bits per heavy atom. The van der Waals surface area contributed by atoms with Crippen LogP contribution in [0, 0.1) is 18.3 Å². The van der Waals surface area contributed by atoms with Gasteiger partial charge in [0.25, 0.3) is 0 Å². The number of hydrogen-bond acceptors (Lipinski definition) is 5. The van der Waals surface area contributed by atoms with E-state index in [0.717, 1.165) is 28.1 Å². The highest BCUT2D eigenvalue weighted by Gasteiger charge is 2.15. The first kappa shape index (κ1) is 19.0. The van der Waals surface area contributed by atoms with Gasteiger partial charge in [-0.05, 0) is 25.1 Å². The van der Waals surface area contributed by atoms with Gasteiger partial charge in [-0.3, -0.25) is 0 Å². The molecule has 2 N–H and O–H groups in total. The average Bonchev–Trinajstić information content (AvgIpc) is 2.81. The van der Waals surface area contributed by atoms with Gasteiger partial charge in [0.15, 0.2) is 5.82 Å².